The van der Waals surface area contributed by atoms with Gasteiger partial charge in [0.15, 0.2) is 6.10 Å². The molecule has 0 bridgehead atoms. The predicted molar refractivity (Wildman–Crippen MR) is 107 cm³/mol. The molecular formula is C20H20BrF2N3O. The van der Waals surface area contributed by atoms with Crippen LogP contribution < -0.4 is 0 Å². The fourth-order valence-electron chi connectivity index (χ4n) is 2.75. The summed E-state index contributed by atoms with van der Waals surface area (Å²) in [6.07, 6.45) is 1.49. The molecule has 0 aliphatic carbocycles. The van der Waals surface area contributed by atoms with Crippen LogP contribution in [-0.2, 0) is 4.84 Å². The first-order chi connectivity index (χ1) is 12.9. The Bertz CT molecular complexity index is 914. The van der Waals surface area contributed by atoms with Gasteiger partial charge in [0.2, 0.25) is 0 Å². The molecule has 0 N–H and O–H groups in total. The van der Waals surface area contributed by atoms with Crippen LogP contribution in [0.25, 0.3) is 0 Å². The highest BCUT2D eigenvalue weighted by atomic mass is 79.9. The Morgan fingerprint density at radius 3 is 2.85 bits per heavy atom. The van der Waals surface area contributed by atoms with E-state index in [0.717, 1.165) is 12.1 Å². The number of hydrogen-bond acceptors (Lipinski definition) is 3. The van der Waals surface area contributed by atoms with Gasteiger partial charge < -0.3 is 9.74 Å². The molecule has 4 nitrogen and oxygen atoms in total. The van der Waals surface area contributed by atoms with Crippen molar-refractivity contribution in [3.05, 3.63) is 63.1 Å². The maximum Gasteiger partial charge on any atom is 0.161 e. The van der Waals surface area contributed by atoms with E-state index < -0.39 is 11.9 Å². The van der Waals surface area contributed by atoms with Gasteiger partial charge in [0.25, 0.3) is 0 Å². The molecule has 1 atom stereocenters. The lowest BCUT2D eigenvalue weighted by molar-refractivity contribution is 0.0829. The smallest absolute Gasteiger partial charge is 0.161 e. The first kappa shape index (κ1) is 19.5. The molecule has 0 amide bonds. The quantitative estimate of drug-likeness (QED) is 0.458. The molecule has 3 rings (SSSR count). The van der Waals surface area contributed by atoms with E-state index >= 15 is 0 Å². The molecule has 1 heterocycles. The molecule has 0 saturated carbocycles. The number of aryl methyl sites for hydroxylation is 1. The van der Waals surface area contributed by atoms with Crippen molar-refractivity contribution in [2.45, 2.75) is 26.4 Å². The van der Waals surface area contributed by atoms with Gasteiger partial charge in [-0.2, -0.15) is 0 Å². The third-order valence-corrected chi connectivity index (χ3v) is 5.29. The summed E-state index contributed by atoms with van der Waals surface area (Å²) in [5.74, 6) is -0.772. The lowest BCUT2D eigenvalue weighted by Gasteiger charge is -2.13. The largest absolute Gasteiger partial charge is 0.387 e. The molecule has 7 heteroatoms. The topological polar surface area (TPSA) is 37.2 Å². The molecule has 0 spiro atoms. The van der Waals surface area contributed by atoms with Crippen LogP contribution >= 0.6 is 15.9 Å². The van der Waals surface area contributed by atoms with Crippen molar-refractivity contribution in [1.82, 2.24) is 4.90 Å². The molecule has 27 heavy (non-hydrogen) atoms. The second-order valence-electron chi connectivity index (χ2n) is 6.42. The maximum absolute atomic E-state index is 14.7. The summed E-state index contributed by atoms with van der Waals surface area (Å²) in [5, 5.41) is 4.05. The first-order valence-electron chi connectivity index (χ1n) is 8.62. The van der Waals surface area contributed by atoms with Crippen LogP contribution in [0, 0.1) is 18.6 Å². The molecule has 0 saturated heterocycles. The van der Waals surface area contributed by atoms with Crippen molar-refractivity contribution >= 4 is 33.7 Å². The number of rotatable bonds is 5. The van der Waals surface area contributed by atoms with Gasteiger partial charge in [0.1, 0.15) is 11.6 Å². The highest BCUT2D eigenvalue weighted by molar-refractivity contribution is 9.10. The zero-order chi connectivity index (χ0) is 19.6. The van der Waals surface area contributed by atoms with E-state index in [9.17, 15) is 8.78 Å². The highest BCUT2D eigenvalue weighted by Crippen LogP contribution is 2.35. The van der Waals surface area contributed by atoms with E-state index in [4.69, 9.17) is 4.84 Å². The molecule has 2 aromatic rings. The fourth-order valence-corrected chi connectivity index (χ4v) is 3.24. The fraction of sp³-hybridized carbons (Fsp3) is 0.300. The third kappa shape index (κ3) is 4.18. The number of hydrogen-bond donors (Lipinski definition) is 0. The lowest BCUT2D eigenvalue weighted by Crippen LogP contribution is -2.14. The molecule has 142 valence electrons. The molecule has 2 aromatic carbocycles. The highest BCUT2D eigenvalue weighted by Gasteiger charge is 2.28. The summed E-state index contributed by atoms with van der Waals surface area (Å²) in [7, 11) is 1.90. The molecule has 0 fully saturated rings. The van der Waals surface area contributed by atoms with Crippen LogP contribution in [0.4, 0.5) is 14.5 Å². The Balaban J connectivity index is 1.81. The Kier molecular flexibility index (Phi) is 5.89. The van der Waals surface area contributed by atoms with Crippen molar-refractivity contribution in [2.75, 3.05) is 13.6 Å². The van der Waals surface area contributed by atoms with Crippen molar-refractivity contribution in [1.29, 1.82) is 0 Å². The Hall–Kier alpha value is -2.28. The molecule has 0 aromatic heterocycles. The summed E-state index contributed by atoms with van der Waals surface area (Å²) < 4.78 is 28.8. The van der Waals surface area contributed by atoms with Gasteiger partial charge in [0.05, 0.1) is 22.2 Å². The van der Waals surface area contributed by atoms with Gasteiger partial charge in [-0.25, -0.2) is 13.8 Å². The molecule has 1 unspecified atom stereocenters. The third-order valence-electron chi connectivity index (χ3n) is 4.49. The second kappa shape index (κ2) is 8.17. The first-order valence-corrected chi connectivity index (χ1v) is 9.41. The van der Waals surface area contributed by atoms with Gasteiger partial charge in [-0.15, -0.1) is 0 Å². The van der Waals surface area contributed by atoms with E-state index in [1.807, 2.05) is 25.8 Å². The van der Waals surface area contributed by atoms with Crippen molar-refractivity contribution in [3.8, 4) is 0 Å². The van der Waals surface area contributed by atoms with Crippen LogP contribution in [0.1, 0.15) is 36.1 Å². The normalized spacial score (nSPS) is 16.5. The zero-order valence-electron chi connectivity index (χ0n) is 15.3. The van der Waals surface area contributed by atoms with Crippen LogP contribution in [0.2, 0.25) is 0 Å². The minimum atomic E-state index is -0.551. The van der Waals surface area contributed by atoms with Crippen LogP contribution in [-0.4, -0.2) is 30.5 Å². The van der Waals surface area contributed by atoms with Crippen LogP contribution in [0.3, 0.4) is 0 Å². The summed E-state index contributed by atoms with van der Waals surface area (Å²) in [5.41, 5.74) is 3.02. The lowest BCUT2D eigenvalue weighted by atomic mass is 9.98. The predicted octanol–water partition coefficient (Wildman–Crippen LogP) is 5.51. The summed E-state index contributed by atoms with van der Waals surface area (Å²) in [4.78, 5) is 11.7. The average molecular weight is 436 g/mol. The SMILES string of the molecule is CCN(C)/C=N\c1cc(F)c(C2CC(c3cccc(F)c3Br)=NO2)cc1C. The number of nitrogens with zero attached hydrogens (tertiary/aromatic N) is 3. The monoisotopic (exact) mass is 435 g/mol. The number of benzene rings is 2. The standard InChI is InChI=1S/C20H20BrF2N3O/c1-4-26(3)11-24-17-9-16(23)14(8-12(17)2)19-10-18(25-27-19)13-6-5-7-15(22)20(13)21/h5-9,11,19H,4,10H2,1-3H3/b24-11-. The minimum Gasteiger partial charge on any atom is -0.387 e. The van der Waals surface area contributed by atoms with E-state index in [0.29, 0.717) is 33.4 Å². The number of oxime groups is 1. The van der Waals surface area contributed by atoms with E-state index in [2.05, 4.69) is 26.1 Å². The summed E-state index contributed by atoms with van der Waals surface area (Å²) in [6.45, 7) is 4.70. The summed E-state index contributed by atoms with van der Waals surface area (Å²) >= 11 is 3.23. The minimum absolute atomic E-state index is 0.328. The Morgan fingerprint density at radius 2 is 2.11 bits per heavy atom. The second-order valence-corrected chi connectivity index (χ2v) is 7.21. The van der Waals surface area contributed by atoms with Gasteiger partial charge in [-0.05, 0) is 47.5 Å². The molecule has 0 radical (unpaired) electrons. The van der Waals surface area contributed by atoms with E-state index in [-0.39, 0.29) is 5.82 Å². The van der Waals surface area contributed by atoms with Crippen molar-refractivity contribution in [3.63, 3.8) is 0 Å². The maximum atomic E-state index is 14.7. The Labute approximate surface area is 165 Å². The van der Waals surface area contributed by atoms with Crippen LogP contribution in [0.5, 0.6) is 0 Å². The Morgan fingerprint density at radius 1 is 1.33 bits per heavy atom. The van der Waals surface area contributed by atoms with Gasteiger partial charge >= 0.3 is 0 Å². The zero-order valence-corrected chi connectivity index (χ0v) is 16.9. The van der Waals surface area contributed by atoms with Gasteiger partial charge in [-0.3, -0.25) is 0 Å². The molecular weight excluding hydrogens is 416 g/mol. The van der Waals surface area contributed by atoms with Crippen molar-refractivity contribution < 1.29 is 13.6 Å². The number of halogens is 3. The van der Waals surface area contributed by atoms with Crippen molar-refractivity contribution in [2.24, 2.45) is 10.1 Å². The number of aliphatic imine (C=N–C) groups is 1. The molecule has 1 aliphatic heterocycles. The van der Waals surface area contributed by atoms with Gasteiger partial charge in [0, 0.05) is 37.2 Å². The van der Waals surface area contributed by atoms with Gasteiger partial charge in [-0.1, -0.05) is 17.3 Å². The average Bonchev–Trinajstić information content (AvgIpc) is 3.13. The van der Waals surface area contributed by atoms with Crippen LogP contribution in [0.15, 0.2) is 45.0 Å². The van der Waals surface area contributed by atoms with E-state index in [1.54, 1.807) is 24.5 Å². The molecule has 1 aliphatic rings. The summed E-state index contributed by atoms with van der Waals surface area (Å²) in [6, 6.07) is 7.86. The van der Waals surface area contributed by atoms with E-state index in [1.165, 1.54) is 12.1 Å².